The first kappa shape index (κ1) is 39.4. The zero-order valence-corrected chi connectivity index (χ0v) is 36.4. The smallest absolute Gasteiger partial charge is 0.135 e. The maximum atomic E-state index is 6.61. The van der Waals surface area contributed by atoms with Crippen LogP contribution in [0.3, 0.4) is 0 Å². The summed E-state index contributed by atoms with van der Waals surface area (Å²) in [5, 5.41) is 2.29. The SMILES string of the molecule is CC(C)c1cc(C(C)C)cc(N2[CH-]N(c3[c-]c(Oc4[c-]c5c(cc4)c4cc(C(C)(C)C)ccc4n5-c4cc(C(C)(C)C)ccn4)ccc3)c3ccccc32)c1.[Pt]. The minimum Gasteiger partial charge on any atom is -0.509 e. The molecular formula is C50H51N4OPt-3. The van der Waals surface area contributed by atoms with Crippen LogP contribution in [0.5, 0.6) is 11.5 Å². The number of anilines is 4. The van der Waals surface area contributed by atoms with Gasteiger partial charge in [-0.3, -0.25) is 0 Å². The van der Waals surface area contributed by atoms with Crippen molar-refractivity contribution in [3.63, 3.8) is 0 Å². The normalized spacial score (nSPS) is 13.2. The van der Waals surface area contributed by atoms with Crippen molar-refractivity contribution in [1.29, 1.82) is 0 Å². The predicted molar refractivity (Wildman–Crippen MR) is 230 cm³/mol. The third kappa shape index (κ3) is 7.39. The number of fused-ring (bicyclic) bond motifs is 4. The van der Waals surface area contributed by atoms with Gasteiger partial charge in [-0.15, -0.1) is 48.1 Å². The number of hydrogen-bond acceptors (Lipinski definition) is 4. The van der Waals surface area contributed by atoms with E-state index >= 15 is 0 Å². The first-order valence-corrected chi connectivity index (χ1v) is 19.5. The summed E-state index contributed by atoms with van der Waals surface area (Å²) in [6.45, 7) is 24.7. The van der Waals surface area contributed by atoms with Gasteiger partial charge in [0.15, 0.2) is 0 Å². The molecule has 8 rings (SSSR count). The van der Waals surface area contributed by atoms with Gasteiger partial charge in [0.25, 0.3) is 0 Å². The Morgan fingerprint density at radius 3 is 1.93 bits per heavy atom. The molecule has 0 atom stereocenters. The summed E-state index contributed by atoms with van der Waals surface area (Å²) in [7, 11) is 0. The Morgan fingerprint density at radius 2 is 1.27 bits per heavy atom. The Hall–Kier alpha value is -4.86. The molecule has 5 nitrogen and oxygen atoms in total. The minimum absolute atomic E-state index is 0. The molecule has 0 saturated heterocycles. The van der Waals surface area contributed by atoms with Gasteiger partial charge in [0.2, 0.25) is 0 Å². The molecule has 5 aromatic carbocycles. The second kappa shape index (κ2) is 14.9. The van der Waals surface area contributed by atoms with Gasteiger partial charge in [0.1, 0.15) is 5.82 Å². The van der Waals surface area contributed by atoms with E-state index in [1.54, 1.807) is 0 Å². The Bertz CT molecular complexity index is 2530. The Balaban J connectivity index is 0.00000480. The van der Waals surface area contributed by atoms with Crippen molar-refractivity contribution >= 4 is 44.6 Å². The van der Waals surface area contributed by atoms with E-state index in [4.69, 9.17) is 9.72 Å². The zero-order valence-electron chi connectivity index (χ0n) is 34.1. The first-order chi connectivity index (χ1) is 26.2. The Kier molecular flexibility index (Phi) is 10.5. The number of rotatable bonds is 7. The third-order valence-electron chi connectivity index (χ3n) is 10.8. The predicted octanol–water partition coefficient (Wildman–Crippen LogP) is 13.8. The quantitative estimate of drug-likeness (QED) is 0.149. The molecule has 56 heavy (non-hydrogen) atoms. The van der Waals surface area contributed by atoms with Crippen LogP contribution >= 0.6 is 0 Å². The number of para-hydroxylation sites is 2. The number of benzene rings is 5. The summed E-state index contributed by atoms with van der Waals surface area (Å²) in [4.78, 5) is 9.39. The largest absolute Gasteiger partial charge is 0.509 e. The maximum absolute atomic E-state index is 6.61. The molecule has 0 saturated carbocycles. The number of pyridine rings is 1. The summed E-state index contributed by atoms with van der Waals surface area (Å²) < 4.78 is 8.84. The fourth-order valence-corrected chi connectivity index (χ4v) is 7.42. The average molecular weight is 919 g/mol. The molecule has 0 amide bonds. The molecule has 0 bridgehead atoms. The van der Waals surface area contributed by atoms with Gasteiger partial charge in [-0.25, -0.2) is 4.98 Å². The van der Waals surface area contributed by atoms with Crippen LogP contribution in [0.2, 0.25) is 0 Å². The fraction of sp³-hybridized carbons (Fsp3) is 0.280. The van der Waals surface area contributed by atoms with Crippen LogP contribution in [-0.4, -0.2) is 9.55 Å². The molecule has 0 fully saturated rings. The van der Waals surface area contributed by atoms with Gasteiger partial charge < -0.3 is 19.1 Å². The number of aromatic nitrogens is 2. The molecule has 0 aliphatic carbocycles. The minimum atomic E-state index is -0.0197. The van der Waals surface area contributed by atoms with Gasteiger partial charge in [-0.05, 0) is 92.8 Å². The molecular weight excluding hydrogens is 868 g/mol. The van der Waals surface area contributed by atoms with Crippen LogP contribution in [0.15, 0.2) is 109 Å². The summed E-state index contributed by atoms with van der Waals surface area (Å²) in [6.07, 6.45) is 1.91. The van der Waals surface area contributed by atoms with Crippen molar-refractivity contribution in [3.05, 3.63) is 150 Å². The van der Waals surface area contributed by atoms with E-state index in [-0.39, 0.29) is 31.9 Å². The fourth-order valence-electron chi connectivity index (χ4n) is 7.42. The molecule has 0 unspecified atom stereocenters. The number of hydrogen-bond donors (Lipinski definition) is 0. The van der Waals surface area contributed by atoms with Gasteiger partial charge in [-0.2, -0.15) is 12.1 Å². The van der Waals surface area contributed by atoms with Crippen LogP contribution in [-0.2, 0) is 31.9 Å². The summed E-state index contributed by atoms with van der Waals surface area (Å²) >= 11 is 0. The van der Waals surface area contributed by atoms with Crippen molar-refractivity contribution < 1.29 is 25.8 Å². The standard InChI is InChI=1S/C50H51N4O.Pt/c1-32(2)34-24-35(33(3)4)26-39(25-34)53-31-52(45-16-11-12-17-46(45)53)38-14-13-15-40(29-38)55-41-19-20-42-43-27-36(49(5,6)7)18-21-44(43)54(47(42)30-41)48-28-37(22-23-51-48)50(8,9)10;/h11-28,31-33H,1-10H3;/q-3;. The van der Waals surface area contributed by atoms with Crippen LogP contribution in [0.4, 0.5) is 22.7 Å². The topological polar surface area (TPSA) is 33.5 Å². The van der Waals surface area contributed by atoms with Gasteiger partial charge in [-0.1, -0.05) is 105 Å². The van der Waals surface area contributed by atoms with E-state index in [2.05, 4.69) is 187 Å². The van der Waals surface area contributed by atoms with Gasteiger partial charge in [0.05, 0.1) is 0 Å². The van der Waals surface area contributed by atoms with Crippen LogP contribution in [0.1, 0.15) is 103 Å². The molecule has 290 valence electrons. The molecule has 0 spiro atoms. The second-order valence-electron chi connectivity index (χ2n) is 17.6. The van der Waals surface area contributed by atoms with Crippen molar-refractivity contribution in [2.24, 2.45) is 0 Å². The number of ether oxygens (including phenoxy) is 1. The van der Waals surface area contributed by atoms with Gasteiger partial charge in [0, 0.05) is 61.3 Å². The van der Waals surface area contributed by atoms with Crippen LogP contribution in [0.25, 0.3) is 27.6 Å². The molecule has 6 heteroatoms. The van der Waals surface area contributed by atoms with E-state index < -0.39 is 0 Å². The van der Waals surface area contributed by atoms with Crippen molar-refractivity contribution in [3.8, 4) is 17.3 Å². The molecule has 0 radical (unpaired) electrons. The maximum Gasteiger partial charge on any atom is 0.135 e. The van der Waals surface area contributed by atoms with Crippen LogP contribution < -0.4 is 14.5 Å². The van der Waals surface area contributed by atoms with Crippen molar-refractivity contribution in [2.75, 3.05) is 9.80 Å². The van der Waals surface area contributed by atoms with Crippen molar-refractivity contribution in [2.45, 2.75) is 91.9 Å². The molecule has 1 aliphatic rings. The second-order valence-corrected chi connectivity index (χ2v) is 17.6. The van der Waals surface area contributed by atoms with E-state index in [0.717, 1.165) is 45.0 Å². The van der Waals surface area contributed by atoms with E-state index in [1.807, 2.05) is 24.4 Å². The third-order valence-corrected chi connectivity index (χ3v) is 10.8. The van der Waals surface area contributed by atoms with E-state index in [1.165, 1.54) is 27.6 Å². The monoisotopic (exact) mass is 918 g/mol. The number of nitrogens with zero attached hydrogens (tertiary/aromatic N) is 4. The van der Waals surface area contributed by atoms with Crippen molar-refractivity contribution in [1.82, 2.24) is 9.55 Å². The van der Waals surface area contributed by atoms with Gasteiger partial charge >= 0.3 is 0 Å². The zero-order chi connectivity index (χ0) is 38.8. The van der Waals surface area contributed by atoms with E-state index in [9.17, 15) is 0 Å². The molecule has 0 N–H and O–H groups in total. The summed E-state index contributed by atoms with van der Waals surface area (Å²) in [5.74, 6) is 2.96. The summed E-state index contributed by atoms with van der Waals surface area (Å²) in [5.41, 5.74) is 11.5. The Morgan fingerprint density at radius 1 is 0.625 bits per heavy atom. The molecule has 3 heterocycles. The summed E-state index contributed by atoms with van der Waals surface area (Å²) in [6, 6.07) is 44.1. The Labute approximate surface area is 347 Å². The molecule has 2 aromatic heterocycles. The van der Waals surface area contributed by atoms with Crippen LogP contribution in [0, 0.1) is 18.8 Å². The first-order valence-electron chi connectivity index (χ1n) is 19.5. The average Bonchev–Trinajstić information content (AvgIpc) is 3.70. The van der Waals surface area contributed by atoms with E-state index in [0.29, 0.717) is 23.3 Å². The molecule has 7 aromatic rings. The molecule has 1 aliphatic heterocycles.